The van der Waals surface area contributed by atoms with Crippen molar-refractivity contribution >= 4 is 23.5 Å². The maximum Gasteiger partial charge on any atom is 0.411 e. The molecule has 1 amide bonds. The van der Waals surface area contributed by atoms with Gasteiger partial charge in [-0.15, -0.1) is 0 Å². The monoisotopic (exact) mass is 383 g/mol. The van der Waals surface area contributed by atoms with E-state index in [0.29, 0.717) is 23.6 Å². The van der Waals surface area contributed by atoms with Crippen LogP contribution in [-0.4, -0.2) is 38.3 Å². The van der Waals surface area contributed by atoms with E-state index in [2.05, 4.69) is 20.4 Å². The minimum atomic E-state index is -0.562. The Morgan fingerprint density at radius 2 is 2.07 bits per heavy atom. The first kappa shape index (κ1) is 19.3. The second kappa shape index (κ2) is 8.47. The molecule has 0 saturated carbocycles. The van der Waals surface area contributed by atoms with Crippen LogP contribution < -0.4 is 10.1 Å². The van der Waals surface area contributed by atoms with Crippen molar-refractivity contribution in [3.63, 3.8) is 0 Å². The van der Waals surface area contributed by atoms with Crippen molar-refractivity contribution in [2.45, 2.75) is 33.6 Å². The van der Waals surface area contributed by atoms with Crippen LogP contribution in [0.25, 0.3) is 5.78 Å². The third-order valence-electron chi connectivity index (χ3n) is 4.16. The van der Waals surface area contributed by atoms with E-state index in [1.165, 1.54) is 6.33 Å². The topological polar surface area (TPSA) is 108 Å². The number of benzene rings is 1. The zero-order valence-electron chi connectivity index (χ0n) is 15.9. The number of nitrogens with one attached hydrogen (secondary N) is 1. The average molecular weight is 383 g/mol. The number of rotatable bonds is 6. The average Bonchev–Trinajstić information content (AvgIpc) is 3.10. The highest BCUT2D eigenvalue weighted by molar-refractivity contribution is 5.85. The summed E-state index contributed by atoms with van der Waals surface area (Å²) in [5, 5.41) is 6.71. The molecule has 1 aromatic carbocycles. The van der Waals surface area contributed by atoms with Crippen molar-refractivity contribution in [1.82, 2.24) is 19.6 Å². The highest BCUT2D eigenvalue weighted by Crippen LogP contribution is 2.19. The van der Waals surface area contributed by atoms with Gasteiger partial charge in [-0.25, -0.2) is 14.3 Å². The summed E-state index contributed by atoms with van der Waals surface area (Å²) in [6, 6.07) is 6.57. The van der Waals surface area contributed by atoms with E-state index in [9.17, 15) is 9.59 Å². The summed E-state index contributed by atoms with van der Waals surface area (Å²) in [6.45, 7) is 5.79. The van der Waals surface area contributed by atoms with Gasteiger partial charge in [0.15, 0.2) is 0 Å². The van der Waals surface area contributed by atoms with Crippen LogP contribution in [0.3, 0.4) is 0 Å². The van der Waals surface area contributed by atoms with E-state index in [1.807, 2.05) is 13.8 Å². The molecule has 28 heavy (non-hydrogen) atoms. The van der Waals surface area contributed by atoms with E-state index in [-0.39, 0.29) is 19.0 Å². The van der Waals surface area contributed by atoms with E-state index in [0.717, 1.165) is 17.0 Å². The first-order valence-corrected chi connectivity index (χ1v) is 8.88. The lowest BCUT2D eigenvalue weighted by molar-refractivity contribution is -0.134. The van der Waals surface area contributed by atoms with Gasteiger partial charge < -0.3 is 9.47 Å². The van der Waals surface area contributed by atoms with Crippen LogP contribution in [0, 0.1) is 13.8 Å². The summed E-state index contributed by atoms with van der Waals surface area (Å²) >= 11 is 0. The van der Waals surface area contributed by atoms with Crippen LogP contribution in [0.1, 0.15) is 30.3 Å². The summed E-state index contributed by atoms with van der Waals surface area (Å²) in [5.41, 5.74) is 3.13. The predicted molar refractivity (Wildman–Crippen MR) is 101 cm³/mol. The predicted octanol–water partition coefficient (Wildman–Crippen LogP) is 2.85. The lowest BCUT2D eigenvalue weighted by Crippen LogP contribution is -2.14. The number of carbonyl (C=O) groups excluding carboxylic acids is 2. The van der Waals surface area contributed by atoms with Crippen LogP contribution in [0.15, 0.2) is 30.6 Å². The van der Waals surface area contributed by atoms with Crippen LogP contribution >= 0.6 is 0 Å². The summed E-state index contributed by atoms with van der Waals surface area (Å²) in [4.78, 5) is 32.2. The molecular formula is C19H21N5O4. The molecule has 0 atom stereocenters. The molecule has 0 spiro atoms. The fraction of sp³-hybridized carbons (Fsp3) is 0.316. The van der Waals surface area contributed by atoms with Gasteiger partial charge in [0.05, 0.1) is 13.0 Å². The highest BCUT2D eigenvalue weighted by atomic mass is 16.5. The number of hydrogen-bond acceptors (Lipinski definition) is 7. The quantitative estimate of drug-likeness (QED) is 0.515. The fourth-order valence-corrected chi connectivity index (χ4v) is 2.85. The molecule has 3 aromatic rings. The summed E-state index contributed by atoms with van der Waals surface area (Å²) < 4.78 is 11.9. The molecule has 2 aromatic heterocycles. The van der Waals surface area contributed by atoms with Gasteiger partial charge in [-0.05, 0) is 44.9 Å². The number of amides is 1. The van der Waals surface area contributed by atoms with E-state index >= 15 is 0 Å². The van der Waals surface area contributed by atoms with E-state index in [4.69, 9.17) is 9.47 Å². The van der Waals surface area contributed by atoms with Crippen molar-refractivity contribution in [2.75, 3.05) is 11.9 Å². The second-order valence-electron chi connectivity index (χ2n) is 6.08. The van der Waals surface area contributed by atoms with Crippen molar-refractivity contribution in [2.24, 2.45) is 0 Å². The molecule has 0 aliphatic heterocycles. The Kier molecular flexibility index (Phi) is 5.83. The zero-order chi connectivity index (χ0) is 20.1. The zero-order valence-corrected chi connectivity index (χ0v) is 15.9. The smallest absolute Gasteiger partial charge is 0.411 e. The molecule has 1 N–H and O–H groups in total. The fourth-order valence-electron chi connectivity index (χ4n) is 2.85. The SMILES string of the molecule is CCOC(=O)Nc1cccc(OC(=O)CCc2c(C)nc3ncnn3c2C)c1. The molecule has 9 nitrogen and oxygen atoms in total. The van der Waals surface area contributed by atoms with Crippen LogP contribution in [-0.2, 0) is 16.0 Å². The molecule has 0 radical (unpaired) electrons. The highest BCUT2D eigenvalue weighted by Gasteiger charge is 2.14. The molecule has 9 heteroatoms. The van der Waals surface area contributed by atoms with Gasteiger partial charge in [0, 0.05) is 23.1 Å². The largest absolute Gasteiger partial charge is 0.450 e. The molecule has 0 saturated heterocycles. The third kappa shape index (κ3) is 4.43. The van der Waals surface area contributed by atoms with Gasteiger partial charge in [0.2, 0.25) is 0 Å². The molecule has 0 unspecified atom stereocenters. The number of aromatic nitrogens is 4. The van der Waals surface area contributed by atoms with Crippen molar-refractivity contribution in [1.29, 1.82) is 0 Å². The van der Waals surface area contributed by atoms with Crippen LogP contribution in [0.2, 0.25) is 0 Å². The Balaban J connectivity index is 1.63. The Morgan fingerprint density at radius 3 is 2.86 bits per heavy atom. The number of ether oxygens (including phenoxy) is 2. The summed E-state index contributed by atoms with van der Waals surface area (Å²) in [6.07, 6.45) is 1.54. The Bertz CT molecular complexity index is 1010. The standard InChI is InChI=1S/C19H21N5O4/c1-4-27-19(26)23-14-6-5-7-15(10-14)28-17(25)9-8-16-12(2)22-18-20-11-21-24(18)13(16)3/h5-7,10-11H,4,8-9H2,1-3H3,(H,23,26). The number of aryl methyl sites for hydroxylation is 2. The molecule has 0 fully saturated rings. The maximum atomic E-state index is 12.3. The first-order valence-electron chi connectivity index (χ1n) is 8.88. The Labute approximate surface area is 161 Å². The van der Waals surface area contributed by atoms with Crippen molar-refractivity contribution in [3.8, 4) is 5.75 Å². The lowest BCUT2D eigenvalue weighted by Gasteiger charge is -2.11. The molecule has 2 heterocycles. The van der Waals surface area contributed by atoms with E-state index in [1.54, 1.807) is 35.7 Å². The van der Waals surface area contributed by atoms with Crippen LogP contribution in [0.4, 0.5) is 10.5 Å². The number of hydrogen-bond donors (Lipinski definition) is 1. The number of anilines is 1. The summed E-state index contributed by atoms with van der Waals surface area (Å²) in [5.74, 6) is 0.496. The first-order chi connectivity index (χ1) is 13.5. The third-order valence-corrected chi connectivity index (χ3v) is 4.16. The Hall–Kier alpha value is -3.49. The minimum absolute atomic E-state index is 0.180. The van der Waals surface area contributed by atoms with Gasteiger partial charge in [-0.2, -0.15) is 10.1 Å². The minimum Gasteiger partial charge on any atom is -0.450 e. The number of esters is 1. The van der Waals surface area contributed by atoms with Crippen molar-refractivity contribution in [3.05, 3.63) is 47.5 Å². The van der Waals surface area contributed by atoms with Gasteiger partial charge in [-0.1, -0.05) is 6.07 Å². The molecule has 146 valence electrons. The second-order valence-corrected chi connectivity index (χ2v) is 6.08. The van der Waals surface area contributed by atoms with E-state index < -0.39 is 6.09 Å². The lowest BCUT2D eigenvalue weighted by atomic mass is 10.1. The van der Waals surface area contributed by atoms with Crippen molar-refractivity contribution < 1.29 is 19.1 Å². The molecule has 0 aliphatic carbocycles. The van der Waals surface area contributed by atoms with Gasteiger partial charge in [-0.3, -0.25) is 10.1 Å². The van der Waals surface area contributed by atoms with Gasteiger partial charge in [0.1, 0.15) is 12.1 Å². The molecule has 3 rings (SSSR count). The molecule has 0 bridgehead atoms. The number of fused-ring (bicyclic) bond motifs is 1. The van der Waals surface area contributed by atoms with Crippen LogP contribution in [0.5, 0.6) is 5.75 Å². The molecular weight excluding hydrogens is 362 g/mol. The molecule has 0 aliphatic rings. The van der Waals surface area contributed by atoms with Gasteiger partial charge >= 0.3 is 12.1 Å². The summed E-state index contributed by atoms with van der Waals surface area (Å²) in [7, 11) is 0. The maximum absolute atomic E-state index is 12.3. The Morgan fingerprint density at radius 1 is 1.25 bits per heavy atom. The number of carbonyl (C=O) groups is 2. The number of nitrogens with zero attached hydrogens (tertiary/aromatic N) is 4. The normalized spacial score (nSPS) is 10.7. The van der Waals surface area contributed by atoms with Gasteiger partial charge in [0.25, 0.3) is 5.78 Å².